The Morgan fingerprint density at radius 3 is 2.57 bits per heavy atom. The molecule has 0 fully saturated rings. The molecule has 0 amide bonds. The molecule has 14 heavy (non-hydrogen) atoms. The van der Waals surface area contributed by atoms with Crippen molar-refractivity contribution in [1.82, 2.24) is 4.98 Å². The summed E-state index contributed by atoms with van der Waals surface area (Å²) in [5.41, 5.74) is -0.170. The van der Waals surface area contributed by atoms with Crippen LogP contribution in [0.5, 0.6) is 5.75 Å². The van der Waals surface area contributed by atoms with E-state index in [0.717, 1.165) is 6.07 Å². The Hall–Kier alpha value is -0.820. The largest absolute Gasteiger partial charge is 0.573 e. The van der Waals surface area contributed by atoms with E-state index in [1.807, 2.05) is 0 Å². The Kier molecular flexibility index (Phi) is 3.33. The van der Waals surface area contributed by atoms with E-state index in [1.165, 1.54) is 6.07 Å². The molecule has 1 rings (SSSR count). The number of ether oxygens (including phenoxy) is 1. The van der Waals surface area contributed by atoms with Gasteiger partial charge in [0.15, 0.2) is 5.75 Å². The number of aliphatic hydroxyl groups is 1. The van der Waals surface area contributed by atoms with Crippen molar-refractivity contribution in [2.45, 2.75) is 13.0 Å². The quantitative estimate of drug-likeness (QED) is 0.839. The molecule has 3 nitrogen and oxygen atoms in total. The fourth-order valence-corrected chi connectivity index (χ4v) is 1.14. The van der Waals surface area contributed by atoms with Crippen molar-refractivity contribution >= 4 is 15.9 Å². The summed E-state index contributed by atoms with van der Waals surface area (Å²) in [6, 6.07) is 2.37. The lowest BCUT2D eigenvalue weighted by atomic mass is 10.3. The standard InChI is InChI=1S/C7H5BrF3NO2/c8-6-2-1-5(4(3-13)12-6)14-7(9,10)11/h1-2,13H,3H2. The van der Waals surface area contributed by atoms with E-state index in [4.69, 9.17) is 5.11 Å². The molecule has 1 aromatic heterocycles. The molecule has 0 aliphatic rings. The van der Waals surface area contributed by atoms with Gasteiger partial charge in [-0.05, 0) is 28.1 Å². The first kappa shape index (κ1) is 11.3. The zero-order chi connectivity index (χ0) is 10.8. The van der Waals surface area contributed by atoms with Crippen LogP contribution in [0.25, 0.3) is 0 Å². The van der Waals surface area contributed by atoms with Crippen molar-refractivity contribution in [3.63, 3.8) is 0 Å². The van der Waals surface area contributed by atoms with Gasteiger partial charge in [0.05, 0.1) is 6.61 Å². The predicted molar refractivity (Wildman–Crippen MR) is 44.5 cm³/mol. The first-order chi connectivity index (χ1) is 6.42. The van der Waals surface area contributed by atoms with E-state index in [-0.39, 0.29) is 5.69 Å². The third kappa shape index (κ3) is 3.15. The summed E-state index contributed by atoms with van der Waals surface area (Å²) < 4.78 is 39.4. The van der Waals surface area contributed by atoms with E-state index < -0.39 is 18.7 Å². The number of aromatic nitrogens is 1. The number of nitrogens with zero attached hydrogens (tertiary/aromatic N) is 1. The molecule has 78 valence electrons. The highest BCUT2D eigenvalue weighted by atomic mass is 79.9. The molecule has 0 saturated carbocycles. The Bertz CT molecular complexity index is 329. The van der Waals surface area contributed by atoms with Crippen LogP contribution in [0, 0.1) is 0 Å². The monoisotopic (exact) mass is 271 g/mol. The van der Waals surface area contributed by atoms with Gasteiger partial charge in [0.1, 0.15) is 10.3 Å². The number of halogens is 4. The van der Waals surface area contributed by atoms with Crippen LogP contribution in [0.1, 0.15) is 5.69 Å². The number of alkyl halides is 3. The van der Waals surface area contributed by atoms with Gasteiger partial charge in [0, 0.05) is 0 Å². The lowest BCUT2D eigenvalue weighted by molar-refractivity contribution is -0.275. The molecule has 0 spiro atoms. The van der Waals surface area contributed by atoms with Gasteiger partial charge >= 0.3 is 6.36 Å². The fourth-order valence-electron chi connectivity index (χ4n) is 0.793. The van der Waals surface area contributed by atoms with E-state index in [2.05, 4.69) is 25.7 Å². The number of hydrogen-bond acceptors (Lipinski definition) is 3. The van der Waals surface area contributed by atoms with Crippen molar-refractivity contribution in [3.8, 4) is 5.75 Å². The van der Waals surface area contributed by atoms with E-state index in [0.29, 0.717) is 4.60 Å². The minimum atomic E-state index is -4.78. The minimum absolute atomic E-state index is 0.170. The first-order valence-electron chi connectivity index (χ1n) is 3.44. The highest BCUT2D eigenvalue weighted by molar-refractivity contribution is 9.10. The van der Waals surface area contributed by atoms with Crippen LogP contribution < -0.4 is 4.74 Å². The molecule has 0 radical (unpaired) electrons. The number of pyridine rings is 1. The van der Waals surface area contributed by atoms with Crippen LogP contribution in [-0.2, 0) is 6.61 Å². The summed E-state index contributed by atoms with van der Waals surface area (Å²) >= 11 is 2.96. The maximum atomic E-state index is 11.8. The Labute approximate surface area is 85.7 Å². The molecular weight excluding hydrogens is 267 g/mol. The zero-order valence-corrected chi connectivity index (χ0v) is 8.26. The molecule has 1 heterocycles. The van der Waals surface area contributed by atoms with Crippen molar-refractivity contribution in [2.75, 3.05) is 0 Å². The van der Waals surface area contributed by atoms with Gasteiger partial charge in [-0.25, -0.2) is 4.98 Å². The van der Waals surface area contributed by atoms with Crippen molar-refractivity contribution in [1.29, 1.82) is 0 Å². The molecule has 0 aliphatic carbocycles. The number of rotatable bonds is 2. The SMILES string of the molecule is OCc1nc(Br)ccc1OC(F)(F)F. The lowest BCUT2D eigenvalue weighted by Crippen LogP contribution is -2.18. The second-order valence-electron chi connectivity index (χ2n) is 2.28. The molecular formula is C7H5BrF3NO2. The van der Waals surface area contributed by atoms with Gasteiger partial charge in [0.2, 0.25) is 0 Å². The van der Waals surface area contributed by atoms with Gasteiger partial charge in [-0.15, -0.1) is 13.2 Å². The maximum Gasteiger partial charge on any atom is 0.573 e. The lowest BCUT2D eigenvalue weighted by Gasteiger charge is -2.11. The van der Waals surface area contributed by atoms with Crippen LogP contribution >= 0.6 is 15.9 Å². The van der Waals surface area contributed by atoms with E-state index in [9.17, 15) is 13.2 Å². The van der Waals surface area contributed by atoms with Crippen LogP contribution in [0.15, 0.2) is 16.7 Å². The van der Waals surface area contributed by atoms with Crippen molar-refractivity contribution in [2.24, 2.45) is 0 Å². The zero-order valence-electron chi connectivity index (χ0n) is 6.68. The Balaban J connectivity index is 2.97. The molecule has 1 aromatic rings. The molecule has 0 aromatic carbocycles. The Morgan fingerprint density at radius 1 is 1.43 bits per heavy atom. The van der Waals surface area contributed by atoms with Gasteiger partial charge in [0.25, 0.3) is 0 Å². The van der Waals surface area contributed by atoms with E-state index >= 15 is 0 Å². The third-order valence-corrected chi connectivity index (χ3v) is 1.72. The topological polar surface area (TPSA) is 42.4 Å². The smallest absolute Gasteiger partial charge is 0.404 e. The molecule has 7 heteroatoms. The molecule has 1 N–H and O–H groups in total. The van der Waals surface area contributed by atoms with Crippen LogP contribution in [0.4, 0.5) is 13.2 Å². The van der Waals surface area contributed by atoms with Gasteiger partial charge in [-0.3, -0.25) is 0 Å². The first-order valence-corrected chi connectivity index (χ1v) is 4.23. The Morgan fingerprint density at radius 2 is 2.07 bits per heavy atom. The predicted octanol–water partition coefficient (Wildman–Crippen LogP) is 2.24. The highest BCUT2D eigenvalue weighted by Gasteiger charge is 2.32. The van der Waals surface area contributed by atoms with Gasteiger partial charge in [-0.2, -0.15) is 0 Å². The highest BCUT2D eigenvalue weighted by Crippen LogP contribution is 2.26. The summed E-state index contributed by atoms with van der Waals surface area (Å²) in [7, 11) is 0. The molecule has 0 atom stereocenters. The molecule has 0 aliphatic heterocycles. The van der Waals surface area contributed by atoms with Crippen molar-refractivity contribution in [3.05, 3.63) is 22.4 Å². The number of hydrogen-bond donors (Lipinski definition) is 1. The second kappa shape index (κ2) is 4.14. The summed E-state index contributed by atoms with van der Waals surface area (Å²) in [6.45, 7) is -0.620. The third-order valence-electron chi connectivity index (χ3n) is 1.27. The van der Waals surface area contributed by atoms with Crippen LogP contribution in [0.2, 0.25) is 0 Å². The maximum absolute atomic E-state index is 11.8. The summed E-state index contributed by atoms with van der Waals surface area (Å²) in [6.07, 6.45) is -4.78. The van der Waals surface area contributed by atoms with Gasteiger partial charge < -0.3 is 9.84 Å². The molecule has 0 unspecified atom stereocenters. The fraction of sp³-hybridized carbons (Fsp3) is 0.286. The van der Waals surface area contributed by atoms with Gasteiger partial charge in [-0.1, -0.05) is 0 Å². The normalized spacial score (nSPS) is 11.5. The summed E-state index contributed by atoms with van der Waals surface area (Å²) in [5.74, 6) is -0.497. The number of aliphatic hydroxyl groups excluding tert-OH is 1. The average molecular weight is 272 g/mol. The second-order valence-corrected chi connectivity index (χ2v) is 3.10. The minimum Gasteiger partial charge on any atom is -0.404 e. The van der Waals surface area contributed by atoms with Crippen LogP contribution in [-0.4, -0.2) is 16.5 Å². The molecule has 0 bridgehead atoms. The summed E-state index contributed by atoms with van der Waals surface area (Å²) in [5, 5.41) is 8.71. The molecule has 0 saturated heterocycles. The van der Waals surface area contributed by atoms with Crippen molar-refractivity contribution < 1.29 is 23.0 Å². The summed E-state index contributed by atoms with van der Waals surface area (Å²) in [4.78, 5) is 3.62. The van der Waals surface area contributed by atoms with E-state index in [1.54, 1.807) is 0 Å². The van der Waals surface area contributed by atoms with Crippen LogP contribution in [0.3, 0.4) is 0 Å². The average Bonchev–Trinajstić information content (AvgIpc) is 2.06.